The minimum Gasteiger partial charge on any atom is -0.399 e. The second kappa shape index (κ2) is 8.37. The molecular formula is C17H16ClF4N3O4. The highest BCUT2D eigenvalue weighted by atomic mass is 35.5. The molecular weight excluding hydrogens is 422 g/mol. The van der Waals surface area contributed by atoms with Gasteiger partial charge in [0.25, 0.3) is 5.56 Å². The molecule has 0 spiro atoms. The predicted octanol–water partition coefficient (Wildman–Crippen LogP) is 2.46. The average molecular weight is 438 g/mol. The Labute approximate surface area is 166 Å². The molecule has 29 heavy (non-hydrogen) atoms. The van der Waals surface area contributed by atoms with Crippen molar-refractivity contribution >= 4 is 23.0 Å². The molecule has 0 fully saturated rings. The van der Waals surface area contributed by atoms with E-state index in [1.807, 2.05) is 0 Å². The zero-order chi connectivity index (χ0) is 22.0. The lowest BCUT2D eigenvalue weighted by molar-refractivity contribution is -0.144. The molecule has 0 N–H and O–H groups in total. The van der Waals surface area contributed by atoms with Crippen LogP contribution in [0.2, 0.25) is 0 Å². The summed E-state index contributed by atoms with van der Waals surface area (Å²) in [7, 11) is 1.99. The first kappa shape index (κ1) is 22.6. The van der Waals surface area contributed by atoms with Crippen LogP contribution in [0.4, 0.5) is 17.6 Å². The Hall–Kier alpha value is -2.66. The number of oxime groups is 1. The lowest BCUT2D eigenvalue weighted by atomic mass is 9.95. The van der Waals surface area contributed by atoms with Gasteiger partial charge in [-0.15, -0.1) is 6.58 Å². The number of aromatic nitrogens is 2. The van der Waals surface area contributed by atoms with Crippen LogP contribution in [0.3, 0.4) is 0 Å². The lowest BCUT2D eigenvalue weighted by Gasteiger charge is -2.29. The third-order valence-electron chi connectivity index (χ3n) is 3.89. The van der Waals surface area contributed by atoms with Crippen LogP contribution >= 0.6 is 11.6 Å². The van der Waals surface area contributed by atoms with E-state index in [0.29, 0.717) is 0 Å². The number of nitrogens with zero attached hydrogens (tertiary/aromatic N) is 3. The number of hydrogen-bond acceptors (Lipinski definition) is 5. The van der Waals surface area contributed by atoms with Crippen molar-refractivity contribution in [2.75, 3.05) is 20.3 Å². The summed E-state index contributed by atoms with van der Waals surface area (Å²) >= 11 is 5.98. The second-order valence-electron chi connectivity index (χ2n) is 5.89. The summed E-state index contributed by atoms with van der Waals surface area (Å²) in [6, 6.07) is 0.195. The van der Waals surface area contributed by atoms with Crippen LogP contribution in [0.15, 0.2) is 50.7 Å². The smallest absolute Gasteiger partial charge is 0.399 e. The van der Waals surface area contributed by atoms with Crippen LogP contribution in [0, 0.1) is 0 Å². The van der Waals surface area contributed by atoms with Gasteiger partial charge in [-0.2, -0.15) is 13.2 Å². The highest BCUT2D eigenvalue weighted by Gasteiger charge is 2.41. The van der Waals surface area contributed by atoms with Crippen LogP contribution in [0.1, 0.15) is 5.69 Å². The van der Waals surface area contributed by atoms with Crippen molar-refractivity contribution < 1.29 is 27.1 Å². The zero-order valence-corrected chi connectivity index (χ0v) is 16.1. The Morgan fingerprint density at radius 2 is 2.03 bits per heavy atom. The molecule has 0 radical (unpaired) electrons. The van der Waals surface area contributed by atoms with Gasteiger partial charge < -0.3 is 9.57 Å². The molecule has 1 aromatic heterocycles. The van der Waals surface area contributed by atoms with Gasteiger partial charge in [-0.25, -0.2) is 13.8 Å². The molecule has 1 aliphatic carbocycles. The summed E-state index contributed by atoms with van der Waals surface area (Å²) in [6.45, 7) is 2.65. The number of hydrogen-bond donors (Lipinski definition) is 0. The lowest BCUT2D eigenvalue weighted by Crippen LogP contribution is -2.47. The van der Waals surface area contributed by atoms with E-state index in [-0.39, 0.29) is 32.6 Å². The third-order valence-corrected chi connectivity index (χ3v) is 4.19. The van der Waals surface area contributed by atoms with Gasteiger partial charge in [0.2, 0.25) is 0 Å². The minimum atomic E-state index is -4.96. The Morgan fingerprint density at radius 1 is 1.38 bits per heavy atom. The topological polar surface area (TPSA) is 74.8 Å². The van der Waals surface area contributed by atoms with E-state index in [1.165, 1.54) is 13.2 Å². The molecule has 0 saturated carbocycles. The molecule has 1 aromatic rings. The van der Waals surface area contributed by atoms with Gasteiger partial charge in [-0.1, -0.05) is 22.8 Å². The Morgan fingerprint density at radius 3 is 2.59 bits per heavy atom. The van der Waals surface area contributed by atoms with E-state index in [9.17, 15) is 22.8 Å². The van der Waals surface area contributed by atoms with Crippen LogP contribution in [-0.2, 0) is 22.8 Å². The van der Waals surface area contributed by atoms with E-state index in [0.717, 1.165) is 19.2 Å². The monoisotopic (exact) mass is 437 g/mol. The highest BCUT2D eigenvalue weighted by molar-refractivity contribution is 6.46. The molecule has 1 heterocycles. The van der Waals surface area contributed by atoms with Crippen molar-refractivity contribution in [3.05, 3.63) is 62.4 Å². The third kappa shape index (κ3) is 4.51. The zero-order valence-electron chi connectivity index (χ0n) is 15.3. The molecule has 0 aromatic carbocycles. The van der Waals surface area contributed by atoms with Crippen molar-refractivity contribution in [2.24, 2.45) is 12.2 Å². The summed E-state index contributed by atoms with van der Waals surface area (Å²) in [5.41, 5.74) is -7.67. The number of ether oxygens (including phenoxy) is 1. The average Bonchev–Trinajstić information content (AvgIpc) is 2.61. The fourth-order valence-corrected chi connectivity index (χ4v) is 2.87. The van der Waals surface area contributed by atoms with Crippen LogP contribution in [-0.4, -0.2) is 40.8 Å². The number of rotatable bonds is 6. The van der Waals surface area contributed by atoms with Gasteiger partial charge in [0, 0.05) is 13.1 Å². The molecule has 2 rings (SSSR count). The van der Waals surface area contributed by atoms with Crippen LogP contribution < -0.4 is 11.2 Å². The van der Waals surface area contributed by atoms with Crippen LogP contribution in [0.5, 0.6) is 0 Å². The van der Waals surface area contributed by atoms with E-state index in [1.54, 1.807) is 0 Å². The summed E-state index contributed by atoms with van der Waals surface area (Å²) in [5, 5.41) is 3.34. The fourth-order valence-electron chi connectivity index (χ4n) is 2.61. The maximum atomic E-state index is 15.7. The van der Waals surface area contributed by atoms with Crippen LogP contribution in [0.25, 0.3) is 5.70 Å². The molecule has 1 unspecified atom stereocenters. The molecule has 12 heteroatoms. The summed E-state index contributed by atoms with van der Waals surface area (Å²) in [4.78, 5) is 29.5. The van der Waals surface area contributed by atoms with Gasteiger partial charge in [-0.05, 0) is 12.2 Å². The Balaban J connectivity index is 2.77. The Bertz CT molecular complexity index is 1020. The van der Waals surface area contributed by atoms with Crippen molar-refractivity contribution in [2.45, 2.75) is 11.8 Å². The van der Waals surface area contributed by atoms with Gasteiger partial charge in [-0.3, -0.25) is 9.36 Å². The molecule has 0 saturated heterocycles. The van der Waals surface area contributed by atoms with Crippen molar-refractivity contribution in [3.63, 3.8) is 0 Å². The number of halogens is 5. The maximum Gasteiger partial charge on any atom is 0.431 e. The molecule has 0 amide bonds. The molecule has 0 bridgehead atoms. The molecule has 1 atom stereocenters. The van der Waals surface area contributed by atoms with Gasteiger partial charge in [0.05, 0.1) is 23.9 Å². The quantitative estimate of drug-likeness (QED) is 0.296. The van der Waals surface area contributed by atoms with E-state index < -0.39 is 41.1 Å². The Kier molecular flexibility index (Phi) is 6.53. The van der Waals surface area contributed by atoms with Crippen molar-refractivity contribution in [1.29, 1.82) is 0 Å². The largest absolute Gasteiger partial charge is 0.431 e. The number of alkyl halides is 4. The highest BCUT2D eigenvalue weighted by Crippen LogP contribution is 2.34. The van der Waals surface area contributed by atoms with Gasteiger partial charge >= 0.3 is 11.9 Å². The van der Waals surface area contributed by atoms with Gasteiger partial charge in [0.1, 0.15) is 18.5 Å². The van der Waals surface area contributed by atoms with Crippen molar-refractivity contribution in [3.8, 4) is 0 Å². The minimum absolute atomic E-state index is 0.0661. The fraction of sp³-hybridized carbons (Fsp3) is 0.353. The summed E-state index contributed by atoms with van der Waals surface area (Å²) < 4.78 is 60.5. The normalized spacial score (nSPS) is 21.0. The van der Waals surface area contributed by atoms with E-state index >= 15 is 4.39 Å². The molecule has 158 valence electrons. The SMILES string of the molecule is C=CCOCC1(F)C=C(Cl)C(=NOC)C=C1n1c(=O)cc(C(F)(F)F)n(C)c1=O. The maximum absolute atomic E-state index is 15.7. The van der Waals surface area contributed by atoms with Crippen molar-refractivity contribution in [1.82, 2.24) is 9.13 Å². The molecule has 7 nitrogen and oxygen atoms in total. The first-order valence-corrected chi connectivity index (χ1v) is 8.34. The predicted molar refractivity (Wildman–Crippen MR) is 98.5 cm³/mol. The van der Waals surface area contributed by atoms with Gasteiger partial charge in [0.15, 0.2) is 5.67 Å². The van der Waals surface area contributed by atoms with E-state index in [4.69, 9.17) is 16.3 Å². The molecule has 1 aliphatic rings. The summed E-state index contributed by atoms with van der Waals surface area (Å²) in [5.74, 6) is 0. The standard InChI is InChI=1S/C17H16ClF4N3O4/c1-4-5-29-9-16(19)8-10(18)11(23-28-3)6-12(16)25-14(26)7-13(17(20,21)22)24(2)15(25)27/h4,6-8H,1,5,9H2,2-3H3. The second-order valence-corrected chi connectivity index (χ2v) is 6.30. The summed E-state index contributed by atoms with van der Waals surface area (Å²) in [6.07, 6.45) is -1.87. The van der Waals surface area contributed by atoms with E-state index in [2.05, 4.69) is 16.6 Å². The number of allylic oxidation sites excluding steroid dienone is 2. The first-order valence-electron chi connectivity index (χ1n) is 7.96. The molecule has 0 aliphatic heterocycles. The first-order chi connectivity index (χ1) is 13.5.